The van der Waals surface area contributed by atoms with Crippen LogP contribution < -0.4 is 10.1 Å². The van der Waals surface area contributed by atoms with Crippen molar-refractivity contribution >= 4 is 35.2 Å². The number of rotatable bonds is 6. The first-order valence-electron chi connectivity index (χ1n) is 7.11. The molecule has 0 aliphatic heterocycles. The Morgan fingerprint density at radius 3 is 2.36 bits per heavy atom. The average molecular weight is 357 g/mol. The topological polar surface area (TPSA) is 99.4 Å². The van der Waals surface area contributed by atoms with Crippen LogP contribution in [0.25, 0.3) is 6.08 Å². The molecule has 0 aromatic heterocycles. The number of carbonyl (C=O) groups is 2. The van der Waals surface area contributed by atoms with Gasteiger partial charge in [-0.2, -0.15) is 5.26 Å². The minimum atomic E-state index is -1.07. The molecule has 0 heterocycles. The third-order valence-corrected chi connectivity index (χ3v) is 3.27. The van der Waals surface area contributed by atoms with E-state index in [-0.39, 0.29) is 5.57 Å². The first-order valence-corrected chi connectivity index (χ1v) is 7.49. The molecule has 0 fully saturated rings. The Morgan fingerprint density at radius 2 is 1.80 bits per heavy atom. The van der Waals surface area contributed by atoms with Crippen LogP contribution in [0.2, 0.25) is 5.02 Å². The van der Waals surface area contributed by atoms with Crippen molar-refractivity contribution in [1.82, 2.24) is 0 Å². The van der Waals surface area contributed by atoms with Gasteiger partial charge in [0.25, 0.3) is 5.91 Å². The zero-order valence-electron chi connectivity index (χ0n) is 12.9. The van der Waals surface area contributed by atoms with Crippen molar-refractivity contribution in [1.29, 1.82) is 5.26 Å². The van der Waals surface area contributed by atoms with Gasteiger partial charge in [-0.1, -0.05) is 23.7 Å². The molecule has 0 atom stereocenters. The molecule has 1 amide bonds. The van der Waals surface area contributed by atoms with Gasteiger partial charge in [0.1, 0.15) is 17.4 Å². The smallest absolute Gasteiger partial charge is 0.341 e. The normalized spacial score (nSPS) is 10.6. The molecule has 25 heavy (non-hydrogen) atoms. The number of carboxylic acids is 1. The number of benzene rings is 2. The monoisotopic (exact) mass is 356 g/mol. The Hall–Kier alpha value is -3.30. The molecule has 0 saturated heterocycles. The first kappa shape index (κ1) is 18.0. The zero-order valence-corrected chi connectivity index (χ0v) is 13.7. The van der Waals surface area contributed by atoms with Crippen molar-refractivity contribution < 1.29 is 19.4 Å². The van der Waals surface area contributed by atoms with Crippen molar-refractivity contribution in [3.05, 3.63) is 64.7 Å². The molecule has 2 rings (SSSR count). The predicted molar refractivity (Wildman–Crippen MR) is 93.2 cm³/mol. The Morgan fingerprint density at radius 1 is 1.16 bits per heavy atom. The second-order valence-electron chi connectivity index (χ2n) is 4.88. The number of nitrogens with one attached hydrogen (secondary N) is 1. The summed E-state index contributed by atoms with van der Waals surface area (Å²) in [4.78, 5) is 22.6. The first-order chi connectivity index (χ1) is 12.0. The Bertz CT molecular complexity index is 837. The Balaban J connectivity index is 2.08. The lowest BCUT2D eigenvalue weighted by Gasteiger charge is -2.05. The van der Waals surface area contributed by atoms with Gasteiger partial charge in [0, 0.05) is 10.7 Å². The van der Waals surface area contributed by atoms with Crippen molar-refractivity contribution in [2.45, 2.75) is 0 Å². The van der Waals surface area contributed by atoms with Crippen LogP contribution in [0, 0.1) is 11.3 Å². The van der Waals surface area contributed by atoms with Gasteiger partial charge in [0.05, 0.1) is 0 Å². The van der Waals surface area contributed by atoms with E-state index in [0.29, 0.717) is 22.0 Å². The quantitative estimate of drug-likeness (QED) is 0.610. The predicted octanol–water partition coefficient (Wildman–Crippen LogP) is 3.35. The van der Waals surface area contributed by atoms with Gasteiger partial charge in [-0.05, 0) is 48.0 Å². The molecule has 0 aliphatic rings. The summed E-state index contributed by atoms with van der Waals surface area (Å²) in [5, 5.41) is 20.9. The van der Waals surface area contributed by atoms with E-state index < -0.39 is 18.5 Å². The zero-order chi connectivity index (χ0) is 18.2. The van der Waals surface area contributed by atoms with E-state index in [1.807, 2.05) is 6.07 Å². The van der Waals surface area contributed by atoms with Crippen LogP contribution in [0.15, 0.2) is 54.1 Å². The van der Waals surface area contributed by atoms with Gasteiger partial charge in [0.15, 0.2) is 6.61 Å². The lowest BCUT2D eigenvalue weighted by atomic mass is 10.1. The van der Waals surface area contributed by atoms with Crippen LogP contribution in [0.5, 0.6) is 5.75 Å². The summed E-state index contributed by atoms with van der Waals surface area (Å²) in [6.45, 7) is -0.442. The molecule has 6 nitrogen and oxygen atoms in total. The van der Waals surface area contributed by atoms with Crippen molar-refractivity contribution in [2.75, 3.05) is 11.9 Å². The Kier molecular flexibility index (Phi) is 6.15. The number of ether oxygens (including phenoxy) is 1. The molecule has 7 heteroatoms. The summed E-state index contributed by atoms with van der Waals surface area (Å²) in [6.07, 6.45) is 1.42. The van der Waals surface area contributed by atoms with Gasteiger partial charge in [-0.3, -0.25) is 4.79 Å². The summed E-state index contributed by atoms with van der Waals surface area (Å²) in [7, 11) is 0. The standard InChI is InChI=1S/C18H13ClN2O4/c19-14-3-5-15(6-4-14)21-18(24)13(10-20)9-12-1-7-16(8-2-12)25-11-17(22)23/h1-9H,11H2,(H,21,24)(H,22,23)/b13-9+. The number of nitrogens with zero attached hydrogens (tertiary/aromatic N) is 1. The molecular formula is C18H13ClN2O4. The number of carbonyl (C=O) groups excluding carboxylic acids is 1. The van der Waals surface area contributed by atoms with Gasteiger partial charge >= 0.3 is 5.97 Å². The molecule has 126 valence electrons. The van der Waals surface area contributed by atoms with Crippen LogP contribution in [0.3, 0.4) is 0 Å². The molecule has 2 aromatic carbocycles. The molecule has 0 saturated carbocycles. The van der Waals surface area contributed by atoms with E-state index >= 15 is 0 Å². The number of aliphatic carboxylic acids is 1. The third-order valence-electron chi connectivity index (χ3n) is 3.02. The van der Waals surface area contributed by atoms with Crippen LogP contribution in [-0.4, -0.2) is 23.6 Å². The fraction of sp³-hybridized carbons (Fsp3) is 0.0556. The number of anilines is 1. The van der Waals surface area contributed by atoms with Crippen LogP contribution >= 0.6 is 11.6 Å². The molecule has 0 unspecified atom stereocenters. The summed E-state index contributed by atoms with van der Waals surface area (Å²) < 4.78 is 5.01. The number of nitriles is 1. The lowest BCUT2D eigenvalue weighted by Crippen LogP contribution is -2.13. The van der Waals surface area contributed by atoms with Crippen LogP contribution in [-0.2, 0) is 9.59 Å². The van der Waals surface area contributed by atoms with Gasteiger partial charge in [-0.15, -0.1) is 0 Å². The number of halogens is 1. The van der Waals surface area contributed by atoms with Gasteiger partial charge < -0.3 is 15.2 Å². The molecule has 2 aromatic rings. The fourth-order valence-electron chi connectivity index (χ4n) is 1.85. The van der Waals surface area contributed by atoms with Crippen LogP contribution in [0.4, 0.5) is 5.69 Å². The maximum Gasteiger partial charge on any atom is 0.341 e. The Labute approximate surface area is 148 Å². The second-order valence-corrected chi connectivity index (χ2v) is 5.32. The third kappa shape index (κ3) is 5.68. The van der Waals surface area contributed by atoms with Gasteiger partial charge in [-0.25, -0.2) is 4.79 Å². The van der Waals surface area contributed by atoms with E-state index in [4.69, 9.17) is 21.4 Å². The van der Waals surface area contributed by atoms with E-state index in [2.05, 4.69) is 5.32 Å². The average Bonchev–Trinajstić information content (AvgIpc) is 2.60. The summed E-state index contributed by atoms with van der Waals surface area (Å²) in [5.74, 6) is -1.24. The molecule has 0 aliphatic carbocycles. The highest BCUT2D eigenvalue weighted by Gasteiger charge is 2.09. The minimum absolute atomic E-state index is 0.0749. The largest absolute Gasteiger partial charge is 0.482 e. The summed E-state index contributed by atoms with van der Waals surface area (Å²) in [5.41, 5.74) is 1.05. The van der Waals surface area contributed by atoms with Crippen molar-refractivity contribution in [3.8, 4) is 11.8 Å². The van der Waals surface area contributed by atoms with E-state index in [9.17, 15) is 14.9 Å². The molecule has 0 bridgehead atoms. The SMILES string of the molecule is N#C/C(=C\c1ccc(OCC(=O)O)cc1)C(=O)Nc1ccc(Cl)cc1. The van der Waals surface area contributed by atoms with Crippen molar-refractivity contribution in [2.24, 2.45) is 0 Å². The van der Waals surface area contributed by atoms with E-state index in [0.717, 1.165) is 0 Å². The maximum absolute atomic E-state index is 12.2. The van der Waals surface area contributed by atoms with Crippen LogP contribution in [0.1, 0.15) is 5.56 Å². The lowest BCUT2D eigenvalue weighted by molar-refractivity contribution is -0.139. The second kappa shape index (κ2) is 8.52. The molecule has 0 spiro atoms. The minimum Gasteiger partial charge on any atom is -0.482 e. The number of hydrogen-bond acceptors (Lipinski definition) is 4. The summed E-state index contributed by atoms with van der Waals surface area (Å²) >= 11 is 5.78. The fourth-order valence-corrected chi connectivity index (χ4v) is 1.98. The van der Waals surface area contributed by atoms with Crippen molar-refractivity contribution in [3.63, 3.8) is 0 Å². The number of hydrogen-bond donors (Lipinski definition) is 2. The molecule has 2 N–H and O–H groups in total. The van der Waals surface area contributed by atoms with Gasteiger partial charge in [0.2, 0.25) is 0 Å². The van der Waals surface area contributed by atoms with E-state index in [1.165, 1.54) is 6.08 Å². The highest BCUT2D eigenvalue weighted by molar-refractivity contribution is 6.30. The van der Waals surface area contributed by atoms with E-state index in [1.54, 1.807) is 48.5 Å². The summed E-state index contributed by atoms with van der Waals surface area (Å²) in [6, 6.07) is 14.7. The highest BCUT2D eigenvalue weighted by atomic mass is 35.5. The maximum atomic E-state index is 12.2. The number of carboxylic acid groups (broad SMARTS) is 1. The highest BCUT2D eigenvalue weighted by Crippen LogP contribution is 2.17. The molecular weight excluding hydrogens is 344 g/mol. The number of amides is 1. The molecule has 0 radical (unpaired) electrons.